The van der Waals surface area contributed by atoms with Crippen LogP contribution in [-0.4, -0.2) is 15.6 Å². The molecule has 0 N–H and O–H groups in total. The molecule has 0 spiro atoms. The second-order valence-corrected chi connectivity index (χ2v) is 8.92. The Morgan fingerprint density at radius 3 is 1.35 bits per heavy atom. The van der Waals surface area contributed by atoms with Gasteiger partial charge in [0.15, 0.2) is 9.04 Å². The maximum Gasteiger partial charge on any atom is 0.176 e. The predicted octanol–water partition coefficient (Wildman–Crippen LogP) is 6.47. The Balaban J connectivity index is 3.45. The lowest BCUT2D eigenvalue weighted by Crippen LogP contribution is -2.17. The molecule has 0 bridgehead atoms. The minimum atomic E-state index is -0.851. The van der Waals surface area contributed by atoms with Gasteiger partial charge in [0.1, 0.15) is 0 Å². The van der Waals surface area contributed by atoms with Crippen molar-refractivity contribution in [2.24, 2.45) is 0 Å². The van der Waals surface area contributed by atoms with Crippen LogP contribution >= 0.6 is 0 Å². The van der Waals surface area contributed by atoms with E-state index in [4.69, 9.17) is 4.43 Å². The number of unbranched alkanes of at least 4 members (excludes halogenated alkanes) is 10. The van der Waals surface area contributed by atoms with Crippen LogP contribution in [0.25, 0.3) is 0 Å². The molecule has 0 radical (unpaired) electrons. The summed E-state index contributed by atoms with van der Waals surface area (Å²) in [6, 6.07) is 2.85. The lowest BCUT2D eigenvalue weighted by Gasteiger charge is -2.15. The number of rotatable bonds is 16. The van der Waals surface area contributed by atoms with Gasteiger partial charge in [-0.3, -0.25) is 0 Å². The Labute approximate surface area is 130 Å². The maximum atomic E-state index is 6.04. The van der Waals surface area contributed by atoms with Crippen molar-refractivity contribution in [1.29, 1.82) is 0 Å². The highest BCUT2D eigenvalue weighted by Crippen LogP contribution is 2.15. The lowest BCUT2D eigenvalue weighted by molar-refractivity contribution is 0.338. The second-order valence-electron chi connectivity index (χ2n) is 6.19. The van der Waals surface area contributed by atoms with Crippen LogP contribution in [0, 0.1) is 0 Å². The van der Waals surface area contributed by atoms with Gasteiger partial charge in [-0.25, -0.2) is 0 Å². The molecule has 0 aromatic carbocycles. The summed E-state index contributed by atoms with van der Waals surface area (Å²) in [5, 5.41) is 0. The summed E-state index contributed by atoms with van der Waals surface area (Å²) in [5.41, 5.74) is 0. The molecule has 0 rings (SSSR count). The Bertz CT molecular complexity index is 157. The summed E-state index contributed by atoms with van der Waals surface area (Å²) in [5.74, 6) is 0. The van der Waals surface area contributed by atoms with E-state index in [1.54, 1.807) is 0 Å². The molecule has 0 amide bonds. The molecular formula is C18H40OSi. The molecular weight excluding hydrogens is 260 g/mol. The number of hydrogen-bond donors (Lipinski definition) is 0. The highest BCUT2D eigenvalue weighted by atomic mass is 28.3. The van der Waals surface area contributed by atoms with E-state index >= 15 is 0 Å². The van der Waals surface area contributed by atoms with Crippen LogP contribution in [-0.2, 0) is 4.43 Å². The first-order chi connectivity index (χ1) is 9.85. The molecule has 20 heavy (non-hydrogen) atoms. The fourth-order valence-corrected chi connectivity index (χ4v) is 5.43. The molecule has 0 aromatic heterocycles. The first-order valence-corrected chi connectivity index (χ1v) is 11.6. The molecule has 0 aliphatic carbocycles. The molecule has 1 nitrogen and oxygen atoms in total. The van der Waals surface area contributed by atoms with Crippen LogP contribution in [0.1, 0.15) is 97.8 Å². The predicted molar refractivity (Wildman–Crippen MR) is 95.1 cm³/mol. The van der Waals surface area contributed by atoms with Crippen molar-refractivity contribution in [3.63, 3.8) is 0 Å². The fourth-order valence-electron chi connectivity index (χ4n) is 2.85. The van der Waals surface area contributed by atoms with E-state index in [1.807, 2.05) is 0 Å². The summed E-state index contributed by atoms with van der Waals surface area (Å²) in [6.07, 6.45) is 17.0. The van der Waals surface area contributed by atoms with Crippen molar-refractivity contribution in [2.75, 3.05) is 6.61 Å². The molecule has 2 heteroatoms. The van der Waals surface area contributed by atoms with Crippen LogP contribution in [0.2, 0.25) is 12.1 Å². The average molecular weight is 301 g/mol. The van der Waals surface area contributed by atoms with Gasteiger partial charge in [0.2, 0.25) is 0 Å². The first-order valence-electron chi connectivity index (χ1n) is 9.46. The molecule has 0 aliphatic rings. The van der Waals surface area contributed by atoms with Crippen LogP contribution in [0.3, 0.4) is 0 Å². The van der Waals surface area contributed by atoms with Crippen molar-refractivity contribution < 1.29 is 4.43 Å². The molecule has 0 saturated carbocycles. The minimum Gasteiger partial charge on any atom is -0.420 e. The van der Waals surface area contributed by atoms with E-state index in [-0.39, 0.29) is 0 Å². The van der Waals surface area contributed by atoms with E-state index in [9.17, 15) is 0 Å². The van der Waals surface area contributed by atoms with Gasteiger partial charge in [-0.05, 0) is 19.0 Å². The first kappa shape index (κ1) is 20.2. The van der Waals surface area contributed by atoms with Gasteiger partial charge >= 0.3 is 0 Å². The summed E-state index contributed by atoms with van der Waals surface area (Å²) < 4.78 is 6.04. The molecule has 0 heterocycles. The van der Waals surface area contributed by atoms with E-state index in [0.717, 1.165) is 6.61 Å². The Hall–Kier alpha value is 0.177. The molecule has 122 valence electrons. The quantitative estimate of drug-likeness (QED) is 0.234. The second kappa shape index (κ2) is 17.2. The van der Waals surface area contributed by atoms with Gasteiger partial charge in [-0.15, -0.1) is 0 Å². The molecule has 0 unspecified atom stereocenters. The standard InChI is InChI=1S/C18H40OSi/c1-4-7-9-11-13-15-17-20(19-6-3)18-16-14-12-10-8-5-2/h20H,4-18H2,1-3H3. The Morgan fingerprint density at radius 2 is 0.950 bits per heavy atom. The van der Waals surface area contributed by atoms with Gasteiger partial charge < -0.3 is 4.43 Å². The molecule has 0 atom stereocenters. The monoisotopic (exact) mass is 300 g/mol. The third-order valence-electron chi connectivity index (χ3n) is 4.16. The normalized spacial score (nSPS) is 11.4. The maximum absolute atomic E-state index is 6.04. The summed E-state index contributed by atoms with van der Waals surface area (Å²) in [6.45, 7) is 7.70. The number of hydrogen-bond acceptors (Lipinski definition) is 1. The van der Waals surface area contributed by atoms with Crippen LogP contribution in [0.4, 0.5) is 0 Å². The van der Waals surface area contributed by atoms with E-state index in [1.165, 1.54) is 89.1 Å². The van der Waals surface area contributed by atoms with Gasteiger partial charge in [0.05, 0.1) is 0 Å². The van der Waals surface area contributed by atoms with Gasteiger partial charge in [0.25, 0.3) is 0 Å². The lowest BCUT2D eigenvalue weighted by atomic mass is 10.1. The molecule has 0 aliphatic heterocycles. The topological polar surface area (TPSA) is 9.23 Å². The van der Waals surface area contributed by atoms with Crippen molar-refractivity contribution in [3.8, 4) is 0 Å². The summed E-state index contributed by atoms with van der Waals surface area (Å²) in [7, 11) is -0.851. The Kier molecular flexibility index (Phi) is 17.4. The molecule has 0 fully saturated rings. The molecule has 0 aromatic rings. The third-order valence-corrected chi connectivity index (χ3v) is 7.07. The van der Waals surface area contributed by atoms with Crippen LogP contribution in [0.5, 0.6) is 0 Å². The Morgan fingerprint density at radius 1 is 0.550 bits per heavy atom. The van der Waals surface area contributed by atoms with Crippen molar-refractivity contribution >= 4 is 9.04 Å². The smallest absolute Gasteiger partial charge is 0.176 e. The summed E-state index contributed by atoms with van der Waals surface area (Å²) >= 11 is 0. The van der Waals surface area contributed by atoms with E-state index < -0.39 is 9.04 Å². The van der Waals surface area contributed by atoms with Gasteiger partial charge in [-0.1, -0.05) is 90.9 Å². The van der Waals surface area contributed by atoms with Gasteiger partial charge in [0, 0.05) is 6.61 Å². The minimum absolute atomic E-state index is 0.851. The van der Waals surface area contributed by atoms with Gasteiger partial charge in [-0.2, -0.15) is 0 Å². The van der Waals surface area contributed by atoms with Crippen LogP contribution < -0.4 is 0 Å². The van der Waals surface area contributed by atoms with E-state index in [2.05, 4.69) is 20.8 Å². The third kappa shape index (κ3) is 14.6. The van der Waals surface area contributed by atoms with Crippen molar-refractivity contribution in [3.05, 3.63) is 0 Å². The van der Waals surface area contributed by atoms with Crippen molar-refractivity contribution in [1.82, 2.24) is 0 Å². The van der Waals surface area contributed by atoms with Crippen molar-refractivity contribution in [2.45, 2.75) is 110 Å². The zero-order chi connectivity index (χ0) is 14.9. The van der Waals surface area contributed by atoms with Crippen LogP contribution in [0.15, 0.2) is 0 Å². The molecule has 0 saturated heterocycles. The fraction of sp³-hybridized carbons (Fsp3) is 1.00. The zero-order valence-electron chi connectivity index (χ0n) is 14.6. The summed E-state index contributed by atoms with van der Waals surface area (Å²) in [4.78, 5) is 0. The average Bonchev–Trinajstić information content (AvgIpc) is 2.46. The van der Waals surface area contributed by atoms with E-state index in [0.29, 0.717) is 0 Å². The zero-order valence-corrected chi connectivity index (χ0v) is 15.7. The largest absolute Gasteiger partial charge is 0.420 e. The highest BCUT2D eigenvalue weighted by molar-refractivity contribution is 6.51. The SMILES string of the molecule is CCCCCCCC[SiH](CCCCCCCC)OCC. The highest BCUT2D eigenvalue weighted by Gasteiger charge is 2.10.